The molecule has 0 saturated carbocycles. The summed E-state index contributed by atoms with van der Waals surface area (Å²) in [5.74, 6) is 0.575. The lowest BCUT2D eigenvalue weighted by atomic mass is 9.85. The molecular formula is C22H19ClN2O4S. The smallest absolute Gasteiger partial charge is 0.231 e. The van der Waals surface area contributed by atoms with E-state index < -0.39 is 5.72 Å². The minimum absolute atomic E-state index is 0.0875. The maximum Gasteiger partial charge on any atom is 0.231 e. The summed E-state index contributed by atoms with van der Waals surface area (Å²) in [5, 5.41) is 22.5. The van der Waals surface area contributed by atoms with Crippen LogP contribution < -0.4 is 9.47 Å². The van der Waals surface area contributed by atoms with Gasteiger partial charge in [0, 0.05) is 22.9 Å². The number of amides is 1. The van der Waals surface area contributed by atoms with Gasteiger partial charge in [0.05, 0.1) is 36.6 Å². The van der Waals surface area contributed by atoms with Crippen molar-refractivity contribution in [1.82, 2.24) is 4.90 Å². The number of carbonyl (C=O) groups is 1. The molecule has 0 bridgehead atoms. The lowest BCUT2D eigenvalue weighted by molar-refractivity contribution is -0.149. The highest BCUT2D eigenvalue weighted by Gasteiger charge is 2.52. The van der Waals surface area contributed by atoms with Crippen molar-refractivity contribution in [2.45, 2.75) is 18.1 Å². The van der Waals surface area contributed by atoms with Gasteiger partial charge in [-0.3, -0.25) is 9.69 Å². The maximum absolute atomic E-state index is 13.2. The van der Waals surface area contributed by atoms with Crippen LogP contribution in [0.2, 0.25) is 5.02 Å². The van der Waals surface area contributed by atoms with Crippen LogP contribution in [0.4, 0.5) is 0 Å². The van der Waals surface area contributed by atoms with Crippen molar-refractivity contribution >= 4 is 29.3 Å². The SMILES string of the molecule is COc1ccc([C@@]2(O)CSC3=C(C#N)[C@H](c4ccc(Cl)cc4)CC(=O)N32)cc1OC. The molecule has 6 nitrogen and oxygen atoms in total. The van der Waals surface area contributed by atoms with Gasteiger partial charge in [0.15, 0.2) is 17.2 Å². The van der Waals surface area contributed by atoms with Crippen molar-refractivity contribution in [3.8, 4) is 17.6 Å². The average Bonchev–Trinajstić information content (AvgIpc) is 3.13. The lowest BCUT2D eigenvalue weighted by Gasteiger charge is -2.38. The van der Waals surface area contributed by atoms with Gasteiger partial charge in [0.25, 0.3) is 0 Å². The van der Waals surface area contributed by atoms with E-state index in [2.05, 4.69) is 6.07 Å². The quantitative estimate of drug-likeness (QED) is 0.770. The zero-order chi connectivity index (χ0) is 21.5. The second-order valence-corrected chi connectivity index (χ2v) is 8.44. The third-order valence-corrected chi connectivity index (χ3v) is 6.90. The summed E-state index contributed by atoms with van der Waals surface area (Å²) in [6.07, 6.45) is 0.0875. The first-order valence-electron chi connectivity index (χ1n) is 9.23. The van der Waals surface area contributed by atoms with E-state index in [-0.39, 0.29) is 24.0 Å². The van der Waals surface area contributed by atoms with Gasteiger partial charge in [-0.15, -0.1) is 11.8 Å². The van der Waals surface area contributed by atoms with Crippen molar-refractivity contribution in [2.75, 3.05) is 20.0 Å². The Bertz CT molecular complexity index is 1080. The summed E-state index contributed by atoms with van der Waals surface area (Å²) in [6.45, 7) is 0. The second-order valence-electron chi connectivity index (χ2n) is 7.04. The van der Waals surface area contributed by atoms with Crippen molar-refractivity contribution in [2.24, 2.45) is 0 Å². The Morgan fingerprint density at radius 1 is 1.20 bits per heavy atom. The molecule has 1 fully saturated rings. The molecule has 0 aromatic heterocycles. The Morgan fingerprint density at radius 2 is 1.90 bits per heavy atom. The Morgan fingerprint density at radius 3 is 2.53 bits per heavy atom. The number of fused-ring (bicyclic) bond motifs is 1. The highest BCUT2D eigenvalue weighted by Crippen LogP contribution is 2.52. The first-order valence-corrected chi connectivity index (χ1v) is 10.6. The van der Waals surface area contributed by atoms with Gasteiger partial charge < -0.3 is 14.6 Å². The Balaban J connectivity index is 1.79. The molecule has 2 atom stereocenters. The van der Waals surface area contributed by atoms with Gasteiger partial charge in [-0.25, -0.2) is 0 Å². The fraction of sp³-hybridized carbons (Fsp3) is 0.273. The predicted octanol–water partition coefficient (Wildman–Crippen LogP) is 4.00. The third kappa shape index (κ3) is 3.21. The van der Waals surface area contributed by atoms with E-state index in [1.807, 2.05) is 12.1 Å². The van der Waals surface area contributed by atoms with Gasteiger partial charge in [-0.1, -0.05) is 29.8 Å². The number of aliphatic hydroxyl groups is 1. The number of allylic oxidation sites excluding steroid dienone is 1. The number of methoxy groups -OCH3 is 2. The summed E-state index contributed by atoms with van der Waals surface area (Å²) in [4.78, 5) is 14.5. The van der Waals surface area contributed by atoms with Gasteiger partial charge in [0.1, 0.15) is 0 Å². The average molecular weight is 443 g/mol. The van der Waals surface area contributed by atoms with Crippen LogP contribution in [-0.2, 0) is 10.5 Å². The van der Waals surface area contributed by atoms with E-state index in [1.54, 1.807) is 30.3 Å². The number of benzene rings is 2. The minimum atomic E-state index is -1.58. The van der Waals surface area contributed by atoms with Crippen LogP contribution in [-0.4, -0.2) is 35.9 Å². The van der Waals surface area contributed by atoms with Crippen LogP contribution in [0.15, 0.2) is 53.1 Å². The number of hydrogen-bond acceptors (Lipinski definition) is 6. The second kappa shape index (κ2) is 7.88. The van der Waals surface area contributed by atoms with Crippen molar-refractivity contribution in [3.63, 3.8) is 0 Å². The molecule has 1 amide bonds. The third-order valence-electron chi connectivity index (χ3n) is 5.43. The van der Waals surface area contributed by atoms with Crippen LogP contribution in [0.1, 0.15) is 23.5 Å². The molecule has 1 saturated heterocycles. The molecule has 1 N–H and O–H groups in total. The molecule has 2 heterocycles. The van der Waals surface area contributed by atoms with Crippen molar-refractivity contribution < 1.29 is 19.4 Å². The summed E-state index contributed by atoms with van der Waals surface area (Å²) in [5.41, 5.74) is 0.235. The Hall–Kier alpha value is -2.66. The normalized spacial score (nSPS) is 23.2. The number of halogens is 1. The summed E-state index contributed by atoms with van der Waals surface area (Å²) in [7, 11) is 3.04. The molecule has 30 heavy (non-hydrogen) atoms. The van der Waals surface area contributed by atoms with Crippen LogP contribution in [0.5, 0.6) is 11.5 Å². The number of ether oxygens (including phenoxy) is 2. The largest absolute Gasteiger partial charge is 0.493 e. The number of thioether (sulfide) groups is 1. The summed E-state index contributed by atoms with van der Waals surface area (Å²) < 4.78 is 10.6. The van der Waals surface area contributed by atoms with Crippen molar-refractivity contribution in [3.05, 3.63) is 69.2 Å². The van der Waals surface area contributed by atoms with Crippen molar-refractivity contribution in [1.29, 1.82) is 5.26 Å². The lowest BCUT2D eigenvalue weighted by Crippen LogP contribution is -2.48. The first kappa shape index (κ1) is 20.6. The minimum Gasteiger partial charge on any atom is -0.493 e. The van der Waals surface area contributed by atoms with Crippen LogP contribution >= 0.6 is 23.4 Å². The van der Waals surface area contributed by atoms with E-state index in [0.717, 1.165) is 5.56 Å². The van der Waals surface area contributed by atoms with E-state index >= 15 is 0 Å². The highest BCUT2D eigenvalue weighted by atomic mass is 35.5. The zero-order valence-electron chi connectivity index (χ0n) is 16.4. The molecule has 2 aliphatic heterocycles. The first-order chi connectivity index (χ1) is 14.4. The highest BCUT2D eigenvalue weighted by molar-refractivity contribution is 8.03. The van der Waals surface area contributed by atoms with E-state index in [9.17, 15) is 15.2 Å². The number of hydrogen-bond donors (Lipinski definition) is 1. The van der Waals surface area contributed by atoms with Gasteiger partial charge >= 0.3 is 0 Å². The predicted molar refractivity (Wildman–Crippen MR) is 114 cm³/mol. The number of carbonyl (C=O) groups excluding carboxylic acids is 1. The molecule has 154 valence electrons. The molecule has 2 aliphatic rings. The van der Waals surface area contributed by atoms with Gasteiger partial charge in [-0.2, -0.15) is 5.26 Å². The molecule has 2 aromatic rings. The number of rotatable bonds is 4. The monoisotopic (exact) mass is 442 g/mol. The number of nitriles is 1. The molecule has 0 unspecified atom stereocenters. The fourth-order valence-corrected chi connectivity index (χ4v) is 5.39. The summed E-state index contributed by atoms with van der Waals surface area (Å²) in [6, 6.07) is 14.5. The molecule has 0 radical (unpaired) electrons. The topological polar surface area (TPSA) is 82.8 Å². The molecule has 0 spiro atoms. The summed E-state index contributed by atoms with van der Waals surface area (Å²) >= 11 is 7.29. The zero-order valence-corrected chi connectivity index (χ0v) is 18.0. The Kier molecular flexibility index (Phi) is 5.41. The standard InChI is InChI=1S/C22H19ClN2O4S/c1-28-18-8-5-14(9-19(18)29-2)22(27)12-30-21-17(11-24)16(10-20(26)25(21)22)13-3-6-15(23)7-4-13/h3-9,16,27H,10,12H2,1-2H3/t16-,22-/m0/s1. The molecule has 2 aromatic carbocycles. The molecular weight excluding hydrogens is 424 g/mol. The van der Waals surface area contributed by atoms with Gasteiger partial charge in [0.2, 0.25) is 5.91 Å². The Labute approximate surface area is 183 Å². The van der Waals surface area contributed by atoms with E-state index in [0.29, 0.717) is 32.7 Å². The fourth-order valence-electron chi connectivity index (χ4n) is 3.90. The molecule has 0 aliphatic carbocycles. The van der Waals surface area contributed by atoms with Crippen LogP contribution in [0.3, 0.4) is 0 Å². The van der Waals surface area contributed by atoms with Gasteiger partial charge in [-0.05, 0) is 29.8 Å². The van der Waals surface area contributed by atoms with E-state index in [1.165, 1.54) is 30.9 Å². The molecule has 4 rings (SSSR count). The maximum atomic E-state index is 13.2. The number of nitrogens with zero attached hydrogens (tertiary/aromatic N) is 2. The van der Waals surface area contributed by atoms with Crippen LogP contribution in [0.25, 0.3) is 0 Å². The molecule has 8 heteroatoms. The van der Waals surface area contributed by atoms with E-state index in [4.69, 9.17) is 21.1 Å². The van der Waals surface area contributed by atoms with Crippen LogP contribution in [0, 0.1) is 11.3 Å².